The molecule has 2 amide bonds. The van der Waals surface area contributed by atoms with E-state index in [-0.39, 0.29) is 18.7 Å². The molecular formula is C28H33N3O4. The van der Waals surface area contributed by atoms with Crippen LogP contribution in [-0.2, 0) is 9.53 Å². The molecule has 7 nitrogen and oxygen atoms in total. The van der Waals surface area contributed by atoms with Crippen LogP contribution < -0.4 is 15.4 Å². The number of nitrogens with zero attached hydrogens (tertiary/aromatic N) is 1. The van der Waals surface area contributed by atoms with Crippen LogP contribution in [0.4, 0.5) is 4.79 Å². The summed E-state index contributed by atoms with van der Waals surface area (Å²) in [6.07, 6.45) is 3.18. The molecule has 4 rings (SSSR count). The van der Waals surface area contributed by atoms with Gasteiger partial charge in [0.05, 0.1) is 24.3 Å². The lowest BCUT2D eigenvalue weighted by Crippen LogP contribution is -2.48. The second-order valence-electron chi connectivity index (χ2n) is 8.96. The van der Waals surface area contributed by atoms with Crippen molar-refractivity contribution in [1.82, 2.24) is 15.5 Å². The molecule has 2 aromatic rings. The van der Waals surface area contributed by atoms with Crippen LogP contribution in [0.15, 0.2) is 71.9 Å². The Bertz CT molecular complexity index is 1110. The average molecular weight is 476 g/mol. The Hall–Kier alpha value is -3.58. The minimum atomic E-state index is -0.605. The first-order valence-corrected chi connectivity index (χ1v) is 12.2. The van der Waals surface area contributed by atoms with Crippen LogP contribution in [-0.4, -0.2) is 49.2 Å². The second kappa shape index (κ2) is 11.2. The number of hydrogen-bond acceptors (Lipinski definition) is 5. The molecule has 2 aliphatic heterocycles. The summed E-state index contributed by atoms with van der Waals surface area (Å²) in [5, 5.41) is 5.77. The SMILES string of the molecule is CCOC(=O)C1=C(CN2CC=C(c3ccccc3)CC2)NC(=O)N[C@@H]1c1ccc(OC(C)C)cc1. The van der Waals surface area contributed by atoms with Crippen LogP contribution in [0.3, 0.4) is 0 Å². The van der Waals surface area contributed by atoms with E-state index >= 15 is 0 Å². The Morgan fingerprint density at radius 1 is 1.11 bits per heavy atom. The van der Waals surface area contributed by atoms with Crippen LogP contribution in [0.1, 0.15) is 44.4 Å². The van der Waals surface area contributed by atoms with Crippen LogP contribution in [0.5, 0.6) is 5.75 Å². The van der Waals surface area contributed by atoms with Gasteiger partial charge in [0.15, 0.2) is 0 Å². The van der Waals surface area contributed by atoms with E-state index in [4.69, 9.17) is 9.47 Å². The van der Waals surface area contributed by atoms with E-state index in [1.54, 1.807) is 6.92 Å². The topological polar surface area (TPSA) is 79.9 Å². The molecule has 2 aliphatic rings. The van der Waals surface area contributed by atoms with Gasteiger partial charge in [-0.15, -0.1) is 0 Å². The molecule has 2 heterocycles. The molecule has 0 fully saturated rings. The summed E-state index contributed by atoms with van der Waals surface area (Å²) in [5.74, 6) is 0.306. The number of urea groups is 1. The predicted molar refractivity (Wildman–Crippen MR) is 136 cm³/mol. The molecule has 2 N–H and O–H groups in total. The third kappa shape index (κ3) is 6.11. The lowest BCUT2D eigenvalue weighted by Gasteiger charge is -2.33. The summed E-state index contributed by atoms with van der Waals surface area (Å²) < 4.78 is 11.1. The highest BCUT2D eigenvalue weighted by molar-refractivity contribution is 5.95. The van der Waals surface area contributed by atoms with E-state index in [2.05, 4.69) is 33.7 Å². The van der Waals surface area contributed by atoms with Gasteiger partial charge in [-0.05, 0) is 56.0 Å². The summed E-state index contributed by atoms with van der Waals surface area (Å²) in [4.78, 5) is 27.9. The molecule has 0 aromatic heterocycles. The first-order valence-electron chi connectivity index (χ1n) is 12.2. The third-order valence-corrected chi connectivity index (χ3v) is 6.05. The molecule has 1 atom stereocenters. The van der Waals surface area contributed by atoms with E-state index in [1.807, 2.05) is 56.3 Å². The van der Waals surface area contributed by atoms with Crippen LogP contribution in [0.2, 0.25) is 0 Å². The maximum atomic E-state index is 13.1. The first-order chi connectivity index (χ1) is 16.9. The highest BCUT2D eigenvalue weighted by atomic mass is 16.5. The van der Waals surface area contributed by atoms with Crippen molar-refractivity contribution in [3.63, 3.8) is 0 Å². The van der Waals surface area contributed by atoms with Crippen molar-refractivity contribution in [2.45, 2.75) is 39.3 Å². The largest absolute Gasteiger partial charge is 0.491 e. The molecule has 0 aliphatic carbocycles. The normalized spacial score (nSPS) is 18.6. The first kappa shape index (κ1) is 24.5. The zero-order chi connectivity index (χ0) is 24.8. The monoisotopic (exact) mass is 475 g/mol. The van der Waals surface area contributed by atoms with Gasteiger partial charge in [-0.3, -0.25) is 4.90 Å². The maximum Gasteiger partial charge on any atom is 0.338 e. The van der Waals surface area contributed by atoms with E-state index in [1.165, 1.54) is 11.1 Å². The van der Waals surface area contributed by atoms with E-state index in [9.17, 15) is 9.59 Å². The Morgan fingerprint density at radius 2 is 1.86 bits per heavy atom. The molecule has 35 heavy (non-hydrogen) atoms. The van der Waals surface area contributed by atoms with Crippen molar-refractivity contribution >= 4 is 17.6 Å². The van der Waals surface area contributed by atoms with Gasteiger partial charge < -0.3 is 20.1 Å². The standard InChI is InChI=1S/C28H33N3O4/c1-4-34-27(32)25-24(18-31-16-14-21(15-17-31)20-8-6-5-7-9-20)29-28(33)30-26(25)22-10-12-23(13-11-22)35-19(2)3/h5-14,19,26H,4,15-18H2,1-3H3,(H2,29,30,33)/t26-/m1/s1. The van der Waals surface area contributed by atoms with Crippen LogP contribution in [0, 0.1) is 0 Å². The van der Waals surface area contributed by atoms with Gasteiger partial charge in [-0.2, -0.15) is 0 Å². The highest BCUT2D eigenvalue weighted by Crippen LogP contribution is 2.30. The molecule has 184 valence electrons. The zero-order valence-electron chi connectivity index (χ0n) is 20.5. The summed E-state index contributed by atoms with van der Waals surface area (Å²) in [6.45, 7) is 7.98. The van der Waals surface area contributed by atoms with Gasteiger partial charge in [-0.1, -0.05) is 48.5 Å². The van der Waals surface area contributed by atoms with Crippen molar-refractivity contribution in [3.05, 3.63) is 83.1 Å². The Balaban J connectivity index is 1.59. The van der Waals surface area contributed by atoms with E-state index in [0.29, 0.717) is 17.8 Å². The smallest absolute Gasteiger partial charge is 0.338 e. The molecule has 0 bridgehead atoms. The Labute approximate surface area is 206 Å². The number of esters is 1. The minimum Gasteiger partial charge on any atom is -0.491 e. The Kier molecular flexibility index (Phi) is 7.87. The number of carbonyl (C=O) groups is 2. The molecule has 2 aromatic carbocycles. The van der Waals surface area contributed by atoms with Crippen molar-refractivity contribution in [2.24, 2.45) is 0 Å². The van der Waals surface area contributed by atoms with Gasteiger partial charge in [0.25, 0.3) is 0 Å². The van der Waals surface area contributed by atoms with Gasteiger partial charge >= 0.3 is 12.0 Å². The molecule has 0 radical (unpaired) electrons. The van der Waals surface area contributed by atoms with Crippen LogP contribution >= 0.6 is 0 Å². The Morgan fingerprint density at radius 3 is 2.49 bits per heavy atom. The minimum absolute atomic E-state index is 0.0574. The molecule has 7 heteroatoms. The van der Waals surface area contributed by atoms with Crippen molar-refractivity contribution < 1.29 is 19.1 Å². The van der Waals surface area contributed by atoms with Crippen molar-refractivity contribution in [1.29, 1.82) is 0 Å². The zero-order valence-corrected chi connectivity index (χ0v) is 20.5. The quantitative estimate of drug-likeness (QED) is 0.552. The third-order valence-electron chi connectivity index (χ3n) is 6.05. The molecule has 0 saturated carbocycles. The summed E-state index contributed by atoms with van der Waals surface area (Å²) in [5.41, 5.74) is 4.36. The van der Waals surface area contributed by atoms with Crippen molar-refractivity contribution in [2.75, 3.05) is 26.2 Å². The van der Waals surface area contributed by atoms with Crippen LogP contribution in [0.25, 0.3) is 5.57 Å². The molecular weight excluding hydrogens is 442 g/mol. The summed E-state index contributed by atoms with van der Waals surface area (Å²) in [6, 6.07) is 16.9. The number of benzene rings is 2. The number of ether oxygens (including phenoxy) is 2. The highest BCUT2D eigenvalue weighted by Gasteiger charge is 2.34. The fourth-order valence-corrected chi connectivity index (χ4v) is 4.45. The number of rotatable bonds is 8. The number of amides is 2. The average Bonchev–Trinajstić information content (AvgIpc) is 2.85. The fraction of sp³-hybridized carbons (Fsp3) is 0.357. The van der Waals surface area contributed by atoms with Gasteiger partial charge in [-0.25, -0.2) is 9.59 Å². The predicted octanol–water partition coefficient (Wildman–Crippen LogP) is 4.43. The van der Waals surface area contributed by atoms with E-state index < -0.39 is 12.0 Å². The number of nitrogens with one attached hydrogen (secondary N) is 2. The van der Waals surface area contributed by atoms with Crippen molar-refractivity contribution in [3.8, 4) is 5.75 Å². The van der Waals surface area contributed by atoms with Gasteiger partial charge in [0.2, 0.25) is 0 Å². The molecule has 0 unspecified atom stereocenters. The van der Waals surface area contributed by atoms with Gasteiger partial charge in [0.1, 0.15) is 5.75 Å². The number of hydrogen-bond donors (Lipinski definition) is 2. The van der Waals surface area contributed by atoms with Gasteiger partial charge in [0, 0.05) is 25.3 Å². The van der Waals surface area contributed by atoms with E-state index in [0.717, 1.165) is 30.8 Å². The molecule has 0 saturated heterocycles. The summed E-state index contributed by atoms with van der Waals surface area (Å²) in [7, 11) is 0. The lowest BCUT2D eigenvalue weighted by molar-refractivity contribution is -0.139. The fourth-order valence-electron chi connectivity index (χ4n) is 4.45. The lowest BCUT2D eigenvalue weighted by atomic mass is 9.94. The summed E-state index contributed by atoms with van der Waals surface area (Å²) >= 11 is 0. The second-order valence-corrected chi connectivity index (χ2v) is 8.96. The maximum absolute atomic E-state index is 13.1. The number of carbonyl (C=O) groups excluding carboxylic acids is 2. The molecule has 0 spiro atoms.